The highest BCUT2D eigenvalue weighted by atomic mass is 16.2. The fraction of sp³-hybridized carbons (Fsp3) is 0.435. The Labute approximate surface area is 181 Å². The number of benzene rings is 1. The van der Waals surface area contributed by atoms with Crippen LogP contribution < -0.4 is 10.2 Å². The van der Waals surface area contributed by atoms with Gasteiger partial charge in [-0.1, -0.05) is 30.7 Å². The summed E-state index contributed by atoms with van der Waals surface area (Å²) in [5.41, 5.74) is 3.01. The summed E-state index contributed by atoms with van der Waals surface area (Å²) in [7, 11) is 12.0. The van der Waals surface area contributed by atoms with E-state index in [9.17, 15) is 9.59 Å². The first kappa shape index (κ1) is 22.1. The van der Waals surface area contributed by atoms with E-state index in [1.54, 1.807) is 24.5 Å². The maximum Gasteiger partial charge on any atom is 0.227 e. The normalized spacial score (nSPS) is 17.2. The number of amides is 2. The van der Waals surface area contributed by atoms with Crippen molar-refractivity contribution >= 4 is 33.2 Å². The molecule has 4 radical (unpaired) electrons. The van der Waals surface area contributed by atoms with E-state index in [0.29, 0.717) is 13.0 Å². The topological polar surface area (TPSA) is 62.3 Å². The molecule has 3 atom stereocenters. The molecule has 0 bridgehead atoms. The Morgan fingerprint density at radius 3 is 2.73 bits per heavy atom. The number of nitrogens with one attached hydrogen (secondary N) is 1. The Kier molecular flexibility index (Phi) is 7.72. The summed E-state index contributed by atoms with van der Waals surface area (Å²) in [6.45, 7) is 2.61. The van der Waals surface area contributed by atoms with Crippen molar-refractivity contribution in [3.05, 3.63) is 59.9 Å². The Hall–Kier alpha value is -2.56. The molecule has 2 heterocycles. The fourth-order valence-corrected chi connectivity index (χ4v) is 3.92. The second kappa shape index (κ2) is 10.5. The zero-order valence-corrected chi connectivity index (χ0v) is 17.5. The molecule has 0 saturated carbocycles. The number of rotatable bonds is 9. The summed E-state index contributed by atoms with van der Waals surface area (Å²) in [4.78, 5) is 30.8. The zero-order valence-electron chi connectivity index (χ0n) is 17.5. The molecule has 1 aliphatic rings. The Morgan fingerprint density at radius 1 is 1.17 bits per heavy atom. The molecule has 0 aliphatic carbocycles. The van der Waals surface area contributed by atoms with Crippen molar-refractivity contribution in [3.8, 4) is 0 Å². The minimum Gasteiger partial charge on any atom is -0.357 e. The van der Waals surface area contributed by atoms with Crippen LogP contribution in [0.1, 0.15) is 49.6 Å². The molecule has 2 amide bonds. The number of hydrogen-bond donors (Lipinski definition) is 1. The number of carbonyl (C=O) groups is 2. The van der Waals surface area contributed by atoms with E-state index in [1.807, 2.05) is 23.1 Å². The Bertz CT molecular complexity index is 863. The molecule has 0 saturated heterocycles. The van der Waals surface area contributed by atoms with Crippen molar-refractivity contribution in [2.45, 2.75) is 56.7 Å². The van der Waals surface area contributed by atoms with Crippen LogP contribution in [-0.4, -0.2) is 45.1 Å². The maximum atomic E-state index is 12.7. The minimum atomic E-state index is -0.826. The number of unbranched alkanes of at least 4 members (excludes halogenated alkanes) is 2. The van der Waals surface area contributed by atoms with Crippen molar-refractivity contribution in [2.24, 2.45) is 0 Å². The lowest BCUT2D eigenvalue weighted by Crippen LogP contribution is -2.35. The summed E-state index contributed by atoms with van der Waals surface area (Å²) in [6, 6.07) is 11.9. The van der Waals surface area contributed by atoms with Crippen molar-refractivity contribution in [1.29, 1.82) is 0 Å². The summed E-state index contributed by atoms with van der Waals surface area (Å²) < 4.78 is 0. The third-order valence-electron chi connectivity index (χ3n) is 5.60. The van der Waals surface area contributed by atoms with Crippen LogP contribution in [0.5, 0.6) is 0 Å². The first-order valence-electron chi connectivity index (χ1n) is 10.6. The molecule has 2 aromatic rings. The van der Waals surface area contributed by atoms with Gasteiger partial charge in [-0.2, -0.15) is 0 Å². The van der Waals surface area contributed by atoms with E-state index >= 15 is 0 Å². The minimum absolute atomic E-state index is 0.168. The number of carbonyl (C=O) groups excluding carboxylic acids is 2. The van der Waals surface area contributed by atoms with E-state index < -0.39 is 11.6 Å². The lowest BCUT2D eigenvalue weighted by molar-refractivity contribution is -0.121. The first-order chi connectivity index (χ1) is 14.5. The molecule has 1 aromatic carbocycles. The predicted octanol–water partition coefficient (Wildman–Crippen LogP) is 2.90. The van der Waals surface area contributed by atoms with E-state index in [0.717, 1.165) is 36.9 Å². The Morgan fingerprint density at radius 2 is 1.97 bits per heavy atom. The fourth-order valence-electron chi connectivity index (χ4n) is 3.92. The van der Waals surface area contributed by atoms with Gasteiger partial charge >= 0.3 is 0 Å². The van der Waals surface area contributed by atoms with Gasteiger partial charge in [0.25, 0.3) is 0 Å². The number of hydrogen-bond acceptors (Lipinski definition) is 3. The number of nitrogens with zero attached hydrogens (tertiary/aromatic N) is 2. The van der Waals surface area contributed by atoms with Gasteiger partial charge in [0.05, 0.1) is 15.7 Å². The van der Waals surface area contributed by atoms with Gasteiger partial charge in [0.1, 0.15) is 0 Å². The monoisotopic (exact) mass is 399 g/mol. The molecule has 152 valence electrons. The number of aromatic nitrogens is 1. The van der Waals surface area contributed by atoms with Crippen LogP contribution in [0.3, 0.4) is 0 Å². The lowest BCUT2D eigenvalue weighted by atomic mass is 9.63. The standard InChI is InChI=1S/C23H27B2N3O2/c1-16-14-17-8-4-5-10-19(17)28(16)20(29)11-3-2-6-13-27-23(30)22(25)21(24)18-9-7-12-26-15-18/h4-5,7-10,12,15-16,21-22H,2-3,6,11,13-14H2,1H3,(H,27,30). The van der Waals surface area contributed by atoms with Crippen LogP contribution >= 0.6 is 0 Å². The number of para-hydroxylation sites is 1. The Balaban J connectivity index is 1.35. The summed E-state index contributed by atoms with van der Waals surface area (Å²) in [5.74, 6) is -1.53. The molecule has 7 heteroatoms. The third kappa shape index (κ3) is 5.32. The smallest absolute Gasteiger partial charge is 0.227 e. The quantitative estimate of drug-likeness (QED) is 0.521. The van der Waals surface area contributed by atoms with Gasteiger partial charge < -0.3 is 10.2 Å². The number of anilines is 1. The van der Waals surface area contributed by atoms with Crippen molar-refractivity contribution in [3.63, 3.8) is 0 Å². The van der Waals surface area contributed by atoms with Crippen LogP contribution in [-0.2, 0) is 16.0 Å². The average Bonchev–Trinajstić information content (AvgIpc) is 3.11. The van der Waals surface area contributed by atoms with E-state index in [2.05, 4.69) is 23.3 Å². The molecular weight excluding hydrogens is 372 g/mol. The lowest BCUT2D eigenvalue weighted by Gasteiger charge is -2.23. The molecule has 1 aromatic heterocycles. The van der Waals surface area contributed by atoms with Gasteiger partial charge in [-0.05, 0) is 61.1 Å². The van der Waals surface area contributed by atoms with Gasteiger partial charge in [-0.15, -0.1) is 0 Å². The number of pyridine rings is 1. The van der Waals surface area contributed by atoms with Crippen LogP contribution in [0, 0.1) is 0 Å². The van der Waals surface area contributed by atoms with Crippen LogP contribution in [0.4, 0.5) is 5.69 Å². The van der Waals surface area contributed by atoms with Crippen LogP contribution in [0.2, 0.25) is 5.82 Å². The predicted molar refractivity (Wildman–Crippen MR) is 121 cm³/mol. The van der Waals surface area contributed by atoms with Gasteiger partial charge in [-0.25, -0.2) is 0 Å². The summed E-state index contributed by atoms with van der Waals surface area (Å²) in [6.07, 6.45) is 7.14. The van der Waals surface area contributed by atoms with E-state index in [1.165, 1.54) is 5.56 Å². The maximum absolute atomic E-state index is 12.7. The van der Waals surface area contributed by atoms with Crippen molar-refractivity contribution in [1.82, 2.24) is 10.3 Å². The molecule has 0 fully saturated rings. The van der Waals surface area contributed by atoms with Gasteiger partial charge in [-0.3, -0.25) is 14.6 Å². The highest BCUT2D eigenvalue weighted by Gasteiger charge is 2.29. The first-order valence-corrected chi connectivity index (χ1v) is 10.6. The van der Waals surface area contributed by atoms with Gasteiger partial charge in [0, 0.05) is 37.1 Å². The van der Waals surface area contributed by atoms with Crippen molar-refractivity contribution in [2.75, 3.05) is 11.4 Å². The van der Waals surface area contributed by atoms with Crippen LogP contribution in [0.25, 0.3) is 0 Å². The zero-order chi connectivity index (χ0) is 21.5. The van der Waals surface area contributed by atoms with E-state index in [-0.39, 0.29) is 17.9 Å². The van der Waals surface area contributed by atoms with Gasteiger partial charge in [0.2, 0.25) is 11.8 Å². The molecule has 3 unspecified atom stereocenters. The average molecular weight is 399 g/mol. The third-order valence-corrected chi connectivity index (χ3v) is 5.60. The second-order valence-corrected chi connectivity index (χ2v) is 7.89. The molecule has 30 heavy (non-hydrogen) atoms. The molecule has 1 aliphatic heterocycles. The largest absolute Gasteiger partial charge is 0.357 e. The number of fused-ring (bicyclic) bond motifs is 1. The van der Waals surface area contributed by atoms with Crippen LogP contribution in [0.15, 0.2) is 48.8 Å². The summed E-state index contributed by atoms with van der Waals surface area (Å²) >= 11 is 0. The molecule has 5 nitrogen and oxygen atoms in total. The van der Waals surface area contributed by atoms with E-state index in [4.69, 9.17) is 15.7 Å². The van der Waals surface area contributed by atoms with Gasteiger partial charge in [0.15, 0.2) is 0 Å². The SMILES string of the molecule is [B]C(C(=O)NCCCCCC(=O)N1c2ccccc2CC1C)C([B])c1cccnc1. The molecule has 3 rings (SSSR count). The summed E-state index contributed by atoms with van der Waals surface area (Å²) in [5, 5.41) is 2.84. The second-order valence-electron chi connectivity index (χ2n) is 7.89. The molecule has 1 N–H and O–H groups in total. The molecular formula is C23H27B2N3O2. The highest BCUT2D eigenvalue weighted by Crippen LogP contribution is 2.32. The highest BCUT2D eigenvalue weighted by molar-refractivity contribution is 6.30. The molecule has 0 spiro atoms. The van der Waals surface area contributed by atoms with Crippen molar-refractivity contribution < 1.29 is 9.59 Å².